The van der Waals surface area contributed by atoms with Gasteiger partial charge in [-0.1, -0.05) is 47.2 Å². The minimum atomic E-state index is 0.0880. The number of aromatic nitrogens is 1. The van der Waals surface area contributed by atoms with Gasteiger partial charge in [0.2, 0.25) is 5.91 Å². The fraction of sp³-hybridized carbons (Fsp3) is 0.364. The molecule has 3 aromatic rings. The number of hydrogen-bond donors (Lipinski definition) is 0. The van der Waals surface area contributed by atoms with Crippen LogP contribution in [0.4, 0.5) is 0 Å². The summed E-state index contributed by atoms with van der Waals surface area (Å²) in [6.45, 7) is 5.62. The number of hydrogen-bond acceptors (Lipinski definition) is 4. The third-order valence-electron chi connectivity index (χ3n) is 5.34. The van der Waals surface area contributed by atoms with E-state index in [2.05, 4.69) is 31.0 Å². The average molecular weight is 415 g/mol. The van der Waals surface area contributed by atoms with E-state index < -0.39 is 0 Å². The number of carbonyl (C=O) groups excluding carboxylic acids is 1. The highest BCUT2D eigenvalue weighted by molar-refractivity contribution is 7.20. The summed E-state index contributed by atoms with van der Waals surface area (Å²) in [6.07, 6.45) is 2.19. The van der Waals surface area contributed by atoms with Gasteiger partial charge in [-0.15, -0.1) is 0 Å². The minimum Gasteiger partial charge on any atom is -0.467 e. The lowest BCUT2D eigenvalue weighted by Crippen LogP contribution is -2.42. The molecule has 28 heavy (non-hydrogen) atoms. The molecule has 0 bridgehead atoms. The van der Waals surface area contributed by atoms with Crippen LogP contribution in [-0.4, -0.2) is 35.0 Å². The summed E-state index contributed by atoms with van der Waals surface area (Å²) >= 11 is 7.71. The number of rotatable bonds is 4. The van der Waals surface area contributed by atoms with Crippen LogP contribution in [0.1, 0.15) is 29.5 Å². The van der Waals surface area contributed by atoms with E-state index in [9.17, 15) is 4.79 Å². The van der Waals surface area contributed by atoms with Gasteiger partial charge in [0.05, 0.1) is 16.1 Å². The normalized spacial score (nSPS) is 15.2. The first-order chi connectivity index (χ1) is 13.5. The number of fused-ring (bicyclic) bond motifs is 1. The summed E-state index contributed by atoms with van der Waals surface area (Å²) in [5, 5.41) is 1.30. The summed E-state index contributed by atoms with van der Waals surface area (Å²) in [5.74, 6) is 0.188. The van der Waals surface area contributed by atoms with E-state index in [0.717, 1.165) is 41.7 Å². The maximum atomic E-state index is 12.6. The molecular weight excluding hydrogens is 392 g/mol. The Bertz CT molecular complexity index is 1010. The molecule has 0 aliphatic carbocycles. The molecule has 1 aliphatic heterocycles. The largest absolute Gasteiger partial charge is 0.467 e. The van der Waals surface area contributed by atoms with Crippen molar-refractivity contribution in [2.75, 3.05) is 13.1 Å². The number of aryl methyl sites for hydroxylation is 2. The molecule has 1 aromatic heterocycles. The molecule has 0 radical (unpaired) electrons. The summed E-state index contributed by atoms with van der Waals surface area (Å²) in [7, 11) is 0. The third kappa shape index (κ3) is 4.15. The van der Waals surface area contributed by atoms with E-state index in [1.54, 1.807) is 0 Å². The van der Waals surface area contributed by atoms with Gasteiger partial charge in [-0.25, -0.2) is 4.98 Å². The predicted octanol–water partition coefficient (Wildman–Crippen LogP) is 5.18. The molecule has 4 nitrogen and oxygen atoms in total. The van der Waals surface area contributed by atoms with Crippen LogP contribution < -0.4 is 4.74 Å². The highest BCUT2D eigenvalue weighted by Gasteiger charge is 2.25. The number of ether oxygens (including phenoxy) is 1. The molecule has 0 atom stereocenters. The van der Waals surface area contributed by atoms with Crippen molar-refractivity contribution in [2.24, 2.45) is 0 Å². The molecule has 0 saturated carbocycles. The van der Waals surface area contributed by atoms with Gasteiger partial charge in [-0.2, -0.15) is 0 Å². The number of benzene rings is 2. The first kappa shape index (κ1) is 19.2. The van der Waals surface area contributed by atoms with Crippen molar-refractivity contribution in [3.63, 3.8) is 0 Å². The van der Waals surface area contributed by atoms with Crippen LogP contribution in [0.25, 0.3) is 10.2 Å². The number of para-hydroxylation sites is 1. The van der Waals surface area contributed by atoms with Crippen LogP contribution in [0.2, 0.25) is 5.02 Å². The van der Waals surface area contributed by atoms with Gasteiger partial charge in [-0.05, 0) is 42.7 Å². The van der Waals surface area contributed by atoms with Crippen LogP contribution in [0.15, 0.2) is 36.4 Å². The van der Waals surface area contributed by atoms with Gasteiger partial charge in [-0.3, -0.25) is 4.79 Å². The number of likely N-dealkylation sites (tertiary alicyclic amines) is 1. The maximum Gasteiger partial charge on any atom is 0.274 e. The average Bonchev–Trinajstić information content (AvgIpc) is 3.09. The molecule has 1 aliphatic rings. The molecule has 6 heteroatoms. The van der Waals surface area contributed by atoms with Crippen LogP contribution in [0, 0.1) is 13.8 Å². The fourth-order valence-corrected chi connectivity index (χ4v) is 4.69. The molecule has 2 aromatic carbocycles. The third-order valence-corrected chi connectivity index (χ3v) is 6.56. The minimum absolute atomic E-state index is 0.0880. The Morgan fingerprint density at radius 1 is 1.21 bits per heavy atom. The van der Waals surface area contributed by atoms with E-state index in [1.807, 2.05) is 29.2 Å². The number of thiazole rings is 1. The predicted molar refractivity (Wildman–Crippen MR) is 114 cm³/mol. The molecule has 2 heterocycles. The number of carbonyl (C=O) groups is 1. The zero-order chi connectivity index (χ0) is 19.7. The van der Waals surface area contributed by atoms with Crippen LogP contribution in [0.5, 0.6) is 5.19 Å². The lowest BCUT2D eigenvalue weighted by atomic mass is 10.0. The van der Waals surface area contributed by atoms with Gasteiger partial charge < -0.3 is 9.64 Å². The van der Waals surface area contributed by atoms with Crippen LogP contribution >= 0.6 is 22.9 Å². The lowest BCUT2D eigenvalue weighted by Gasteiger charge is -2.31. The quantitative estimate of drug-likeness (QED) is 0.590. The molecular formula is C22H23ClN2O2S. The van der Waals surface area contributed by atoms with Gasteiger partial charge in [0.25, 0.3) is 5.19 Å². The van der Waals surface area contributed by atoms with Gasteiger partial charge >= 0.3 is 0 Å². The molecule has 1 amide bonds. The zero-order valence-corrected chi connectivity index (χ0v) is 17.6. The standard InChI is InChI=1S/C22H23ClN2O2S/c1-14-6-7-16(12-15(14)2)13-20(26)25-10-8-17(9-11-25)27-22-24-21-18(23)4-3-5-19(21)28-22/h3-7,12,17H,8-11,13H2,1-2H3. The lowest BCUT2D eigenvalue weighted by molar-refractivity contribution is -0.132. The number of amides is 1. The van der Waals surface area contributed by atoms with Gasteiger partial charge in [0, 0.05) is 25.9 Å². The number of halogens is 1. The smallest absolute Gasteiger partial charge is 0.274 e. The molecule has 0 spiro atoms. The summed E-state index contributed by atoms with van der Waals surface area (Å²) < 4.78 is 7.11. The summed E-state index contributed by atoms with van der Waals surface area (Å²) in [4.78, 5) is 19.1. The van der Waals surface area contributed by atoms with Crippen molar-refractivity contribution < 1.29 is 9.53 Å². The van der Waals surface area contributed by atoms with E-state index in [4.69, 9.17) is 16.3 Å². The van der Waals surface area contributed by atoms with E-state index in [1.165, 1.54) is 22.5 Å². The van der Waals surface area contributed by atoms with Crippen LogP contribution in [-0.2, 0) is 11.2 Å². The van der Waals surface area contributed by atoms with Gasteiger partial charge in [0.15, 0.2) is 0 Å². The summed E-state index contributed by atoms with van der Waals surface area (Å²) in [5.41, 5.74) is 4.36. The Hall–Kier alpha value is -2.11. The molecule has 1 fully saturated rings. The van der Waals surface area contributed by atoms with Crippen molar-refractivity contribution in [1.82, 2.24) is 9.88 Å². The van der Waals surface area contributed by atoms with Gasteiger partial charge in [0.1, 0.15) is 11.6 Å². The van der Waals surface area contributed by atoms with E-state index >= 15 is 0 Å². The van der Waals surface area contributed by atoms with Crippen molar-refractivity contribution in [3.8, 4) is 5.19 Å². The molecule has 4 rings (SSSR count). The Labute approximate surface area is 174 Å². The summed E-state index contributed by atoms with van der Waals surface area (Å²) in [6, 6.07) is 12.0. The van der Waals surface area contributed by atoms with E-state index in [-0.39, 0.29) is 12.0 Å². The number of nitrogens with zero attached hydrogens (tertiary/aromatic N) is 2. The highest BCUT2D eigenvalue weighted by atomic mass is 35.5. The Morgan fingerprint density at radius 3 is 2.71 bits per heavy atom. The molecule has 0 N–H and O–H groups in total. The molecule has 146 valence electrons. The highest BCUT2D eigenvalue weighted by Crippen LogP contribution is 2.33. The SMILES string of the molecule is Cc1ccc(CC(=O)N2CCC(Oc3nc4c(Cl)cccc4s3)CC2)cc1C. The van der Waals surface area contributed by atoms with Crippen molar-refractivity contribution >= 4 is 39.1 Å². The topological polar surface area (TPSA) is 42.4 Å². The second-order valence-corrected chi connectivity index (χ2v) is 8.76. The van der Waals surface area contributed by atoms with Crippen molar-refractivity contribution in [3.05, 3.63) is 58.1 Å². The Morgan fingerprint density at radius 2 is 2.00 bits per heavy atom. The first-order valence-corrected chi connectivity index (χ1v) is 10.7. The van der Waals surface area contributed by atoms with E-state index in [0.29, 0.717) is 16.6 Å². The number of piperidine rings is 1. The fourth-order valence-electron chi connectivity index (χ4n) is 3.51. The van der Waals surface area contributed by atoms with Crippen LogP contribution in [0.3, 0.4) is 0 Å². The zero-order valence-electron chi connectivity index (χ0n) is 16.1. The monoisotopic (exact) mass is 414 g/mol. The first-order valence-electron chi connectivity index (χ1n) is 9.55. The molecule has 1 saturated heterocycles. The second kappa shape index (κ2) is 8.10. The molecule has 0 unspecified atom stereocenters. The Balaban J connectivity index is 1.32. The Kier molecular flexibility index (Phi) is 5.56. The van der Waals surface area contributed by atoms with Crippen molar-refractivity contribution in [1.29, 1.82) is 0 Å². The second-order valence-electron chi connectivity index (χ2n) is 7.36. The maximum absolute atomic E-state index is 12.6. The van der Waals surface area contributed by atoms with Crippen molar-refractivity contribution in [2.45, 2.75) is 39.2 Å².